The number of ether oxygens (including phenoxy) is 3. The Balaban J connectivity index is 1.63. The highest BCUT2D eigenvalue weighted by molar-refractivity contribution is 5.92. The van der Waals surface area contributed by atoms with Crippen molar-refractivity contribution in [3.63, 3.8) is 0 Å². The van der Waals surface area contributed by atoms with Crippen LogP contribution in [-0.2, 0) is 10.2 Å². The van der Waals surface area contributed by atoms with Gasteiger partial charge >= 0.3 is 5.97 Å². The van der Waals surface area contributed by atoms with E-state index in [9.17, 15) is 4.79 Å². The van der Waals surface area contributed by atoms with E-state index in [2.05, 4.69) is 30.2 Å². The van der Waals surface area contributed by atoms with E-state index in [0.29, 0.717) is 5.56 Å². The molecule has 0 bridgehead atoms. The van der Waals surface area contributed by atoms with Crippen LogP contribution < -0.4 is 9.47 Å². The van der Waals surface area contributed by atoms with Crippen LogP contribution in [0.4, 0.5) is 0 Å². The quantitative estimate of drug-likeness (QED) is 0.649. The number of methoxy groups -OCH3 is 2. The summed E-state index contributed by atoms with van der Waals surface area (Å²) >= 11 is 0. The SMILES string of the molecule is COc1ccc(C23CCC(OC(=O)c4cccc(C)c4C)=CC2N(C)CC3)cc1OC. The summed E-state index contributed by atoms with van der Waals surface area (Å²) in [7, 11) is 5.46. The van der Waals surface area contributed by atoms with Gasteiger partial charge in [0.25, 0.3) is 0 Å². The van der Waals surface area contributed by atoms with E-state index >= 15 is 0 Å². The molecule has 0 radical (unpaired) electrons. The zero-order chi connectivity index (χ0) is 22.2. The first-order valence-electron chi connectivity index (χ1n) is 10.8. The van der Waals surface area contributed by atoms with Gasteiger partial charge in [0.2, 0.25) is 0 Å². The lowest BCUT2D eigenvalue weighted by Crippen LogP contribution is -2.42. The molecule has 0 aromatic heterocycles. The van der Waals surface area contributed by atoms with Crippen molar-refractivity contribution in [2.45, 2.75) is 44.6 Å². The van der Waals surface area contributed by atoms with Gasteiger partial charge in [-0.25, -0.2) is 4.79 Å². The molecule has 1 heterocycles. The Labute approximate surface area is 184 Å². The third kappa shape index (κ3) is 3.72. The predicted octanol–water partition coefficient (Wildman–Crippen LogP) is 4.80. The van der Waals surface area contributed by atoms with Crippen LogP contribution in [0.3, 0.4) is 0 Å². The highest BCUT2D eigenvalue weighted by Crippen LogP contribution is 2.49. The summed E-state index contributed by atoms with van der Waals surface area (Å²) in [5.74, 6) is 1.98. The van der Waals surface area contributed by atoms with Crippen LogP contribution in [-0.4, -0.2) is 44.7 Å². The van der Waals surface area contributed by atoms with Gasteiger partial charge in [0.15, 0.2) is 11.5 Å². The van der Waals surface area contributed by atoms with Gasteiger partial charge < -0.3 is 14.2 Å². The van der Waals surface area contributed by atoms with Crippen molar-refractivity contribution < 1.29 is 19.0 Å². The Bertz CT molecular complexity index is 1030. The number of allylic oxidation sites excluding steroid dienone is 1. The Morgan fingerprint density at radius 2 is 1.84 bits per heavy atom. The van der Waals surface area contributed by atoms with E-state index in [1.807, 2.05) is 38.1 Å². The molecule has 2 aromatic carbocycles. The summed E-state index contributed by atoms with van der Waals surface area (Å²) in [5, 5.41) is 0. The number of nitrogens with zero attached hydrogens (tertiary/aromatic N) is 1. The molecule has 2 atom stereocenters. The maximum atomic E-state index is 12.9. The lowest BCUT2D eigenvalue weighted by Gasteiger charge is -2.40. The zero-order valence-electron chi connectivity index (χ0n) is 19.0. The summed E-state index contributed by atoms with van der Waals surface area (Å²) in [5.41, 5.74) is 3.92. The summed E-state index contributed by atoms with van der Waals surface area (Å²) in [6.45, 7) is 4.97. The van der Waals surface area contributed by atoms with E-state index in [1.54, 1.807) is 14.2 Å². The van der Waals surface area contributed by atoms with Crippen LogP contribution in [0.1, 0.15) is 46.3 Å². The number of carbonyl (C=O) groups excluding carboxylic acids is 1. The normalized spacial score (nSPS) is 23.1. The van der Waals surface area contributed by atoms with Gasteiger partial charge in [-0.1, -0.05) is 18.2 Å². The molecule has 2 aliphatic rings. The smallest absolute Gasteiger partial charge is 0.343 e. The molecular formula is C26H31NO4. The van der Waals surface area contributed by atoms with Crippen LogP contribution in [0.15, 0.2) is 48.2 Å². The molecular weight excluding hydrogens is 390 g/mol. The first-order chi connectivity index (χ1) is 14.9. The van der Waals surface area contributed by atoms with Crippen molar-refractivity contribution >= 4 is 5.97 Å². The second-order valence-corrected chi connectivity index (χ2v) is 8.67. The van der Waals surface area contributed by atoms with Crippen LogP contribution in [0.5, 0.6) is 11.5 Å². The molecule has 5 nitrogen and oxygen atoms in total. The predicted molar refractivity (Wildman–Crippen MR) is 121 cm³/mol. The fourth-order valence-electron chi connectivity index (χ4n) is 5.09. The highest BCUT2D eigenvalue weighted by Gasteiger charge is 2.48. The minimum absolute atomic E-state index is 0.0243. The van der Waals surface area contributed by atoms with E-state index < -0.39 is 0 Å². The zero-order valence-corrected chi connectivity index (χ0v) is 19.0. The van der Waals surface area contributed by atoms with Gasteiger partial charge in [-0.2, -0.15) is 0 Å². The molecule has 0 N–H and O–H groups in total. The highest BCUT2D eigenvalue weighted by atomic mass is 16.5. The van der Waals surface area contributed by atoms with Crippen molar-refractivity contribution in [2.24, 2.45) is 0 Å². The van der Waals surface area contributed by atoms with Gasteiger partial charge in [0, 0.05) is 17.9 Å². The lowest BCUT2D eigenvalue weighted by atomic mass is 9.68. The fourth-order valence-corrected chi connectivity index (χ4v) is 5.09. The first kappa shape index (κ1) is 21.4. The van der Waals surface area contributed by atoms with E-state index in [4.69, 9.17) is 14.2 Å². The number of likely N-dealkylation sites (N-methyl/N-ethyl adjacent to an activating group) is 1. The molecule has 0 amide bonds. The third-order valence-electron chi connectivity index (χ3n) is 7.12. The number of benzene rings is 2. The van der Waals surface area contributed by atoms with Crippen LogP contribution >= 0.6 is 0 Å². The molecule has 4 rings (SSSR count). The summed E-state index contributed by atoms with van der Waals surface area (Å²) in [6.07, 6.45) is 4.85. The summed E-state index contributed by atoms with van der Waals surface area (Å²) in [6, 6.07) is 12.2. The molecule has 0 saturated carbocycles. The van der Waals surface area contributed by atoms with Gasteiger partial charge in [0.1, 0.15) is 5.76 Å². The number of esters is 1. The summed E-state index contributed by atoms with van der Waals surface area (Å²) < 4.78 is 16.9. The topological polar surface area (TPSA) is 48.0 Å². The molecule has 2 aromatic rings. The third-order valence-corrected chi connectivity index (χ3v) is 7.12. The molecule has 1 aliphatic carbocycles. The number of fused-ring (bicyclic) bond motifs is 1. The monoisotopic (exact) mass is 421 g/mol. The van der Waals surface area contributed by atoms with Crippen molar-refractivity contribution in [1.29, 1.82) is 0 Å². The fraction of sp³-hybridized carbons (Fsp3) is 0.423. The van der Waals surface area contributed by atoms with Crippen molar-refractivity contribution in [3.05, 3.63) is 70.5 Å². The van der Waals surface area contributed by atoms with Gasteiger partial charge in [-0.05, 0) is 81.2 Å². The number of aryl methyl sites for hydroxylation is 1. The van der Waals surface area contributed by atoms with Crippen molar-refractivity contribution in [3.8, 4) is 11.5 Å². The molecule has 1 saturated heterocycles. The van der Waals surface area contributed by atoms with Gasteiger partial charge in [-0.15, -0.1) is 0 Å². The van der Waals surface area contributed by atoms with E-state index in [0.717, 1.165) is 54.2 Å². The minimum atomic E-state index is -0.272. The largest absolute Gasteiger partial charge is 0.493 e. The average molecular weight is 422 g/mol. The van der Waals surface area contributed by atoms with Gasteiger partial charge in [-0.3, -0.25) is 4.90 Å². The lowest BCUT2D eigenvalue weighted by molar-refractivity contribution is 0.0592. The number of hydrogen-bond donors (Lipinski definition) is 0. The van der Waals surface area contributed by atoms with Crippen LogP contribution in [0.25, 0.3) is 0 Å². The number of hydrogen-bond acceptors (Lipinski definition) is 5. The maximum absolute atomic E-state index is 12.9. The Kier molecular flexibility index (Phi) is 5.80. The van der Waals surface area contributed by atoms with E-state index in [-0.39, 0.29) is 17.4 Å². The molecule has 164 valence electrons. The average Bonchev–Trinajstić information content (AvgIpc) is 3.12. The maximum Gasteiger partial charge on any atom is 0.343 e. The van der Waals surface area contributed by atoms with Gasteiger partial charge in [0.05, 0.1) is 19.8 Å². The Morgan fingerprint density at radius 3 is 2.58 bits per heavy atom. The van der Waals surface area contributed by atoms with Crippen molar-refractivity contribution in [1.82, 2.24) is 4.90 Å². The van der Waals surface area contributed by atoms with Crippen LogP contribution in [0.2, 0.25) is 0 Å². The molecule has 1 fully saturated rings. The number of carbonyl (C=O) groups is 1. The molecule has 2 unspecified atom stereocenters. The van der Waals surface area contributed by atoms with Crippen molar-refractivity contribution in [2.75, 3.05) is 27.8 Å². The van der Waals surface area contributed by atoms with E-state index in [1.165, 1.54) is 5.56 Å². The number of likely N-dealkylation sites (tertiary alicyclic amines) is 1. The standard InChI is InChI=1S/C26H31NO4/c1-17-7-6-8-21(18(17)2)25(28)31-20-11-12-26(13-14-27(3)24(26)16-20)19-9-10-22(29-4)23(15-19)30-5/h6-10,15-16,24H,11-14H2,1-5H3. The second kappa shape index (κ2) is 8.39. The molecule has 5 heteroatoms. The summed E-state index contributed by atoms with van der Waals surface area (Å²) in [4.78, 5) is 15.2. The second-order valence-electron chi connectivity index (χ2n) is 8.67. The Morgan fingerprint density at radius 1 is 1.06 bits per heavy atom. The minimum Gasteiger partial charge on any atom is -0.493 e. The molecule has 1 aliphatic heterocycles. The molecule has 31 heavy (non-hydrogen) atoms. The van der Waals surface area contributed by atoms with Crippen LogP contribution in [0, 0.1) is 13.8 Å². The molecule has 0 spiro atoms. The number of rotatable bonds is 5. The first-order valence-corrected chi connectivity index (χ1v) is 10.8. The Hall–Kier alpha value is -2.79.